The molecule has 3 heterocycles. The molecule has 0 saturated heterocycles. The van der Waals surface area contributed by atoms with Gasteiger partial charge < -0.3 is 5.32 Å². The number of hydrogen-bond acceptors (Lipinski definition) is 5. The minimum absolute atomic E-state index is 0.510. The van der Waals surface area contributed by atoms with Gasteiger partial charge in [-0.2, -0.15) is 10.4 Å². The zero-order valence-corrected chi connectivity index (χ0v) is 12.3. The zero-order chi connectivity index (χ0) is 15.4. The summed E-state index contributed by atoms with van der Waals surface area (Å²) < 4.78 is 1.73. The van der Waals surface area contributed by atoms with E-state index in [1.807, 2.05) is 6.07 Å². The molecule has 110 valence electrons. The highest BCUT2D eigenvalue weighted by molar-refractivity contribution is 5.60. The Kier molecular flexibility index (Phi) is 3.97. The van der Waals surface area contributed by atoms with Crippen LogP contribution in [0.15, 0.2) is 46.9 Å². The van der Waals surface area contributed by atoms with Gasteiger partial charge >= 0.3 is 0 Å². The highest BCUT2D eigenvalue weighted by Gasteiger charge is 2.14. The van der Waals surface area contributed by atoms with Gasteiger partial charge in [-0.05, 0) is 30.2 Å². The highest BCUT2D eigenvalue weighted by atomic mass is 15.3. The number of aromatic nitrogens is 3. The summed E-state index contributed by atoms with van der Waals surface area (Å²) in [6, 6.07) is 7.61. The molecule has 1 aliphatic rings. The van der Waals surface area contributed by atoms with Crippen LogP contribution < -0.4 is 5.32 Å². The number of hydrogen-bond donors (Lipinski definition) is 1. The van der Waals surface area contributed by atoms with Crippen molar-refractivity contribution in [3.05, 3.63) is 53.1 Å². The largest absolute Gasteiger partial charge is 0.350 e. The lowest BCUT2D eigenvalue weighted by molar-refractivity contribution is 0.770. The van der Waals surface area contributed by atoms with E-state index in [2.05, 4.69) is 33.4 Å². The molecule has 0 aromatic carbocycles. The fourth-order valence-electron chi connectivity index (χ4n) is 2.47. The van der Waals surface area contributed by atoms with E-state index in [0.717, 1.165) is 24.4 Å². The maximum Gasteiger partial charge on any atom is 0.171 e. The van der Waals surface area contributed by atoms with Gasteiger partial charge in [0.05, 0.1) is 24.1 Å². The lowest BCUT2D eigenvalue weighted by Crippen LogP contribution is -2.22. The molecule has 0 bridgehead atoms. The van der Waals surface area contributed by atoms with Crippen LogP contribution in [-0.4, -0.2) is 27.6 Å². The molecule has 3 rings (SSSR count). The molecular formula is C16H16N6. The fraction of sp³-hybridized carbons (Fsp3) is 0.250. The van der Waals surface area contributed by atoms with Crippen LogP contribution in [0.3, 0.4) is 0 Å². The Morgan fingerprint density at radius 3 is 3.09 bits per heavy atom. The molecule has 0 spiro atoms. The van der Waals surface area contributed by atoms with Gasteiger partial charge in [0.15, 0.2) is 5.82 Å². The molecule has 6 heteroatoms. The third-order valence-electron chi connectivity index (χ3n) is 3.65. The number of allylic oxidation sites excluding steroid dienone is 1. The van der Waals surface area contributed by atoms with E-state index in [4.69, 9.17) is 0 Å². The van der Waals surface area contributed by atoms with Gasteiger partial charge in [-0.1, -0.05) is 6.92 Å². The molecule has 2 aromatic rings. The molecule has 2 aromatic heterocycles. The number of nitrogens with zero attached hydrogens (tertiary/aromatic N) is 5. The summed E-state index contributed by atoms with van der Waals surface area (Å²) in [6.45, 7) is 2.86. The Labute approximate surface area is 128 Å². The number of pyridine rings is 1. The smallest absolute Gasteiger partial charge is 0.171 e. The normalized spacial score (nSPS) is 13.8. The number of rotatable bonds is 4. The predicted octanol–water partition coefficient (Wildman–Crippen LogP) is 1.98. The highest BCUT2D eigenvalue weighted by Crippen LogP contribution is 2.18. The van der Waals surface area contributed by atoms with Gasteiger partial charge in [-0.25, -0.2) is 9.67 Å². The van der Waals surface area contributed by atoms with Crippen molar-refractivity contribution in [1.82, 2.24) is 20.1 Å². The maximum absolute atomic E-state index is 9.24. The Morgan fingerprint density at radius 1 is 1.36 bits per heavy atom. The van der Waals surface area contributed by atoms with E-state index < -0.39 is 0 Å². The Hall–Kier alpha value is -2.94. The van der Waals surface area contributed by atoms with E-state index in [1.54, 1.807) is 35.5 Å². The number of aliphatic imine (C=N–C) groups is 1. The van der Waals surface area contributed by atoms with Crippen molar-refractivity contribution in [2.75, 3.05) is 6.54 Å². The van der Waals surface area contributed by atoms with Crippen molar-refractivity contribution in [2.45, 2.75) is 19.8 Å². The van der Waals surface area contributed by atoms with Crippen LogP contribution in [0.4, 0.5) is 0 Å². The van der Waals surface area contributed by atoms with Crippen molar-refractivity contribution >= 4 is 6.34 Å². The van der Waals surface area contributed by atoms with Crippen molar-refractivity contribution in [1.29, 1.82) is 5.26 Å². The summed E-state index contributed by atoms with van der Waals surface area (Å²) >= 11 is 0. The molecule has 1 aliphatic heterocycles. The first kappa shape index (κ1) is 14.0. The number of nitrogens with one attached hydrogen (secondary N) is 1. The molecular weight excluding hydrogens is 276 g/mol. The first-order valence-electron chi connectivity index (χ1n) is 7.17. The van der Waals surface area contributed by atoms with Crippen LogP contribution >= 0.6 is 0 Å². The Morgan fingerprint density at radius 2 is 2.27 bits per heavy atom. The van der Waals surface area contributed by atoms with E-state index in [0.29, 0.717) is 17.8 Å². The lowest BCUT2D eigenvalue weighted by atomic mass is 10.1. The standard InChI is InChI=1S/C16H16N6/c1-2-12-10-18-11-20-15(12)8-14-5-7-21-22(14)16-13(9-17)4-3-6-19-16/h3-7,11H,2,8,10H2,1H3,(H,18,20). The summed E-state index contributed by atoms with van der Waals surface area (Å²) in [5, 5.41) is 16.8. The van der Waals surface area contributed by atoms with Crippen LogP contribution in [-0.2, 0) is 6.42 Å². The molecule has 0 amide bonds. The second kappa shape index (κ2) is 6.22. The van der Waals surface area contributed by atoms with Crippen molar-refractivity contribution in [3.8, 4) is 11.9 Å². The summed E-state index contributed by atoms with van der Waals surface area (Å²) in [4.78, 5) is 8.55. The summed E-state index contributed by atoms with van der Waals surface area (Å²) in [5.74, 6) is 0.563. The Bertz CT molecular complexity index is 778. The molecule has 0 aliphatic carbocycles. The molecule has 1 N–H and O–H groups in total. The molecule has 0 radical (unpaired) electrons. The average molecular weight is 292 g/mol. The van der Waals surface area contributed by atoms with Crippen molar-refractivity contribution in [3.63, 3.8) is 0 Å². The van der Waals surface area contributed by atoms with E-state index >= 15 is 0 Å². The predicted molar refractivity (Wildman–Crippen MR) is 83.6 cm³/mol. The van der Waals surface area contributed by atoms with Crippen LogP contribution in [0.5, 0.6) is 0 Å². The fourth-order valence-corrected chi connectivity index (χ4v) is 2.47. The first-order valence-corrected chi connectivity index (χ1v) is 7.17. The van der Waals surface area contributed by atoms with E-state index in [9.17, 15) is 5.26 Å². The molecule has 0 fully saturated rings. The summed E-state index contributed by atoms with van der Waals surface area (Å²) in [7, 11) is 0. The minimum Gasteiger partial charge on any atom is -0.350 e. The van der Waals surface area contributed by atoms with Gasteiger partial charge in [-0.3, -0.25) is 4.99 Å². The van der Waals surface area contributed by atoms with Gasteiger partial charge in [0, 0.05) is 24.5 Å². The monoisotopic (exact) mass is 292 g/mol. The third kappa shape index (κ3) is 2.61. The maximum atomic E-state index is 9.24. The van der Waals surface area contributed by atoms with Gasteiger partial charge in [0.2, 0.25) is 0 Å². The zero-order valence-electron chi connectivity index (χ0n) is 12.3. The van der Waals surface area contributed by atoms with E-state index in [1.165, 1.54) is 5.57 Å². The molecule has 6 nitrogen and oxygen atoms in total. The minimum atomic E-state index is 0.510. The second-order valence-corrected chi connectivity index (χ2v) is 4.95. The third-order valence-corrected chi connectivity index (χ3v) is 3.65. The van der Waals surface area contributed by atoms with Gasteiger partial charge in [-0.15, -0.1) is 0 Å². The molecule has 0 saturated carbocycles. The second-order valence-electron chi connectivity index (χ2n) is 4.95. The topological polar surface area (TPSA) is 78.9 Å². The summed E-state index contributed by atoms with van der Waals surface area (Å²) in [6.07, 6.45) is 6.80. The van der Waals surface area contributed by atoms with Crippen LogP contribution in [0.2, 0.25) is 0 Å². The quantitative estimate of drug-likeness (QED) is 0.934. The van der Waals surface area contributed by atoms with Crippen molar-refractivity contribution in [2.24, 2.45) is 4.99 Å². The Balaban J connectivity index is 1.97. The van der Waals surface area contributed by atoms with Crippen LogP contribution in [0, 0.1) is 11.3 Å². The molecule has 22 heavy (non-hydrogen) atoms. The van der Waals surface area contributed by atoms with Crippen LogP contribution in [0.1, 0.15) is 24.6 Å². The van der Waals surface area contributed by atoms with Gasteiger partial charge in [0.1, 0.15) is 6.07 Å². The van der Waals surface area contributed by atoms with E-state index in [-0.39, 0.29) is 0 Å². The SMILES string of the molecule is CCC1=C(Cc2ccnn2-c2ncccc2C#N)NC=NC1. The molecule has 0 atom stereocenters. The molecule has 0 unspecified atom stereocenters. The lowest BCUT2D eigenvalue weighted by Gasteiger charge is -2.17. The average Bonchev–Trinajstić information content (AvgIpc) is 3.03. The van der Waals surface area contributed by atoms with Crippen molar-refractivity contribution < 1.29 is 0 Å². The number of nitriles is 1. The first-order chi connectivity index (χ1) is 10.8. The summed E-state index contributed by atoms with van der Waals surface area (Å²) in [5.41, 5.74) is 3.93. The van der Waals surface area contributed by atoms with Crippen LogP contribution in [0.25, 0.3) is 5.82 Å². The van der Waals surface area contributed by atoms with Gasteiger partial charge in [0.25, 0.3) is 0 Å².